The van der Waals surface area contributed by atoms with Gasteiger partial charge in [0.05, 0.1) is 6.20 Å². The summed E-state index contributed by atoms with van der Waals surface area (Å²) in [5.41, 5.74) is 0.664. The van der Waals surface area contributed by atoms with Crippen molar-refractivity contribution >= 4 is 0 Å². The van der Waals surface area contributed by atoms with Crippen molar-refractivity contribution in [2.75, 3.05) is 6.54 Å². The summed E-state index contributed by atoms with van der Waals surface area (Å²) in [5, 5.41) is 7.21. The highest BCUT2D eigenvalue weighted by Crippen LogP contribution is 2.06. The molecule has 0 aliphatic carbocycles. The maximum atomic E-state index is 13.5. The molecule has 0 saturated carbocycles. The Morgan fingerprint density at radius 2 is 2.12 bits per heavy atom. The first-order valence-corrected chi connectivity index (χ1v) is 6.20. The van der Waals surface area contributed by atoms with Crippen molar-refractivity contribution in [3.8, 4) is 0 Å². The van der Waals surface area contributed by atoms with Gasteiger partial charge in [0.15, 0.2) is 0 Å². The zero-order valence-corrected chi connectivity index (χ0v) is 10.3. The molecule has 4 heteroatoms. The van der Waals surface area contributed by atoms with E-state index in [1.165, 1.54) is 23.9 Å². The molecule has 0 fully saturated rings. The Hall–Kier alpha value is -0.900. The Balaban J connectivity index is 2.19. The first-order chi connectivity index (χ1) is 7.79. The Bertz CT molecular complexity index is 296. The van der Waals surface area contributed by atoms with Gasteiger partial charge in [0, 0.05) is 18.7 Å². The van der Waals surface area contributed by atoms with Gasteiger partial charge < -0.3 is 5.32 Å². The summed E-state index contributed by atoms with van der Waals surface area (Å²) in [6, 6.07) is 0. The van der Waals surface area contributed by atoms with Crippen molar-refractivity contribution in [1.29, 1.82) is 0 Å². The molecule has 0 unspecified atom stereocenters. The van der Waals surface area contributed by atoms with Gasteiger partial charge in [-0.3, -0.25) is 0 Å². The fourth-order valence-corrected chi connectivity index (χ4v) is 1.65. The lowest BCUT2D eigenvalue weighted by Gasteiger charge is -2.03. The molecular formula is C12H22FN3. The van der Waals surface area contributed by atoms with Crippen molar-refractivity contribution in [2.24, 2.45) is 0 Å². The van der Waals surface area contributed by atoms with Gasteiger partial charge in [-0.1, -0.05) is 26.2 Å². The summed E-state index contributed by atoms with van der Waals surface area (Å²) in [6.45, 7) is 6.21. The summed E-state index contributed by atoms with van der Waals surface area (Å²) >= 11 is 0. The number of aryl methyl sites for hydroxylation is 1. The Labute approximate surface area is 97.0 Å². The molecule has 0 amide bonds. The van der Waals surface area contributed by atoms with Crippen LogP contribution in [0.3, 0.4) is 0 Å². The van der Waals surface area contributed by atoms with Crippen molar-refractivity contribution in [3.63, 3.8) is 0 Å². The molecule has 1 heterocycles. The van der Waals surface area contributed by atoms with Gasteiger partial charge in [0.1, 0.15) is 0 Å². The lowest BCUT2D eigenvalue weighted by molar-refractivity contribution is 0.460. The fourth-order valence-electron chi connectivity index (χ4n) is 1.65. The van der Waals surface area contributed by atoms with Gasteiger partial charge in [-0.25, -0.2) is 4.68 Å². The predicted molar refractivity (Wildman–Crippen MR) is 63.7 cm³/mol. The molecule has 1 N–H and O–H groups in total. The fraction of sp³-hybridized carbons (Fsp3) is 0.750. The molecule has 92 valence electrons. The quantitative estimate of drug-likeness (QED) is 0.692. The molecule has 1 aromatic heterocycles. The van der Waals surface area contributed by atoms with Crippen LogP contribution in [0.25, 0.3) is 0 Å². The lowest BCUT2D eigenvalue weighted by atomic mass is 10.2. The molecule has 0 radical (unpaired) electrons. The van der Waals surface area contributed by atoms with Crippen LogP contribution in [0, 0.1) is 5.95 Å². The standard InChI is InChI=1S/C12H22FN3/c1-3-5-6-7-8-14-9-11-10-15-16(4-2)12(11)13/h10,14H,3-9H2,1-2H3. The van der Waals surface area contributed by atoms with Crippen LogP contribution in [-0.2, 0) is 13.1 Å². The lowest BCUT2D eigenvalue weighted by Crippen LogP contribution is -2.15. The van der Waals surface area contributed by atoms with Crippen LogP contribution in [0.5, 0.6) is 0 Å². The third-order valence-electron chi connectivity index (χ3n) is 2.67. The van der Waals surface area contributed by atoms with E-state index in [4.69, 9.17) is 0 Å². The highest BCUT2D eigenvalue weighted by Gasteiger charge is 2.07. The van der Waals surface area contributed by atoms with Gasteiger partial charge in [0.25, 0.3) is 0 Å². The van der Waals surface area contributed by atoms with E-state index in [2.05, 4.69) is 17.3 Å². The average molecular weight is 227 g/mol. The summed E-state index contributed by atoms with van der Waals surface area (Å²) in [6.07, 6.45) is 6.55. The van der Waals surface area contributed by atoms with Crippen molar-refractivity contribution in [3.05, 3.63) is 17.7 Å². The van der Waals surface area contributed by atoms with E-state index in [9.17, 15) is 4.39 Å². The maximum Gasteiger partial charge on any atom is 0.215 e. The summed E-state index contributed by atoms with van der Waals surface area (Å²) in [4.78, 5) is 0. The number of hydrogen-bond donors (Lipinski definition) is 1. The predicted octanol–water partition coefficient (Wildman–Crippen LogP) is 2.71. The first kappa shape index (κ1) is 13.2. The Morgan fingerprint density at radius 3 is 2.75 bits per heavy atom. The summed E-state index contributed by atoms with van der Waals surface area (Å²) in [5.74, 6) is -0.205. The summed E-state index contributed by atoms with van der Waals surface area (Å²) in [7, 11) is 0. The second-order valence-electron chi connectivity index (χ2n) is 4.01. The number of nitrogens with zero attached hydrogens (tertiary/aromatic N) is 2. The van der Waals surface area contributed by atoms with E-state index in [1.807, 2.05) is 6.92 Å². The SMILES string of the molecule is CCCCCCNCc1cnn(CC)c1F. The van der Waals surface area contributed by atoms with Crippen LogP contribution in [-0.4, -0.2) is 16.3 Å². The third-order valence-corrected chi connectivity index (χ3v) is 2.67. The van der Waals surface area contributed by atoms with Crippen LogP contribution >= 0.6 is 0 Å². The number of aromatic nitrogens is 2. The molecular weight excluding hydrogens is 205 g/mol. The third kappa shape index (κ3) is 3.93. The molecule has 1 rings (SSSR count). The van der Waals surface area contributed by atoms with Gasteiger partial charge >= 0.3 is 0 Å². The topological polar surface area (TPSA) is 29.9 Å². The summed E-state index contributed by atoms with van der Waals surface area (Å²) < 4.78 is 14.9. The highest BCUT2D eigenvalue weighted by molar-refractivity contribution is 5.06. The number of halogens is 1. The number of hydrogen-bond acceptors (Lipinski definition) is 2. The monoisotopic (exact) mass is 227 g/mol. The number of nitrogens with one attached hydrogen (secondary N) is 1. The van der Waals surface area contributed by atoms with Gasteiger partial charge in [-0.15, -0.1) is 0 Å². The molecule has 0 bridgehead atoms. The molecule has 0 spiro atoms. The number of rotatable bonds is 8. The van der Waals surface area contributed by atoms with E-state index in [-0.39, 0.29) is 5.95 Å². The second kappa shape index (κ2) is 7.39. The minimum absolute atomic E-state index is 0.205. The van der Waals surface area contributed by atoms with Crippen molar-refractivity contribution in [2.45, 2.75) is 52.6 Å². The Morgan fingerprint density at radius 1 is 1.31 bits per heavy atom. The van der Waals surface area contributed by atoms with E-state index in [1.54, 1.807) is 6.20 Å². The molecule has 0 saturated heterocycles. The normalized spacial score (nSPS) is 10.9. The zero-order valence-electron chi connectivity index (χ0n) is 10.3. The molecule has 0 aromatic carbocycles. The van der Waals surface area contributed by atoms with Crippen LogP contribution in [0.2, 0.25) is 0 Å². The van der Waals surface area contributed by atoms with E-state index in [0.717, 1.165) is 13.0 Å². The maximum absolute atomic E-state index is 13.5. The van der Waals surface area contributed by atoms with E-state index in [0.29, 0.717) is 18.7 Å². The van der Waals surface area contributed by atoms with Crippen LogP contribution in [0.1, 0.15) is 45.1 Å². The molecule has 3 nitrogen and oxygen atoms in total. The van der Waals surface area contributed by atoms with Gasteiger partial charge in [0.2, 0.25) is 5.95 Å². The van der Waals surface area contributed by atoms with Crippen LogP contribution in [0.15, 0.2) is 6.20 Å². The minimum Gasteiger partial charge on any atom is -0.312 e. The molecule has 16 heavy (non-hydrogen) atoms. The van der Waals surface area contributed by atoms with Gasteiger partial charge in [-0.05, 0) is 19.9 Å². The van der Waals surface area contributed by atoms with Crippen LogP contribution < -0.4 is 5.32 Å². The van der Waals surface area contributed by atoms with Crippen molar-refractivity contribution < 1.29 is 4.39 Å². The van der Waals surface area contributed by atoms with E-state index >= 15 is 0 Å². The molecule has 0 aliphatic rings. The highest BCUT2D eigenvalue weighted by atomic mass is 19.1. The molecule has 1 aromatic rings. The molecule has 0 atom stereocenters. The van der Waals surface area contributed by atoms with Crippen molar-refractivity contribution in [1.82, 2.24) is 15.1 Å². The van der Waals surface area contributed by atoms with E-state index < -0.39 is 0 Å². The zero-order chi connectivity index (χ0) is 11.8. The molecule has 0 aliphatic heterocycles. The first-order valence-electron chi connectivity index (χ1n) is 6.20. The minimum atomic E-state index is -0.205. The second-order valence-corrected chi connectivity index (χ2v) is 4.01. The number of unbranched alkanes of at least 4 members (excludes halogenated alkanes) is 3. The average Bonchev–Trinajstić information content (AvgIpc) is 2.65. The van der Waals surface area contributed by atoms with Crippen LogP contribution in [0.4, 0.5) is 4.39 Å². The Kier molecular flexibility index (Phi) is 6.08. The smallest absolute Gasteiger partial charge is 0.215 e. The van der Waals surface area contributed by atoms with Gasteiger partial charge in [-0.2, -0.15) is 9.49 Å². The largest absolute Gasteiger partial charge is 0.312 e.